The van der Waals surface area contributed by atoms with Crippen molar-refractivity contribution in [1.82, 2.24) is 5.32 Å². The van der Waals surface area contributed by atoms with E-state index >= 15 is 0 Å². The molecule has 1 N–H and O–H groups in total. The van der Waals surface area contributed by atoms with Crippen LogP contribution in [0.25, 0.3) is 0 Å². The van der Waals surface area contributed by atoms with E-state index in [2.05, 4.69) is 33.0 Å². The molecular formula is C11H23NO. The molecule has 1 rings (SSSR count). The zero-order valence-electron chi connectivity index (χ0n) is 9.39. The number of nitrogens with one attached hydrogen (secondary N) is 1. The summed E-state index contributed by atoms with van der Waals surface area (Å²) in [4.78, 5) is 0. The van der Waals surface area contributed by atoms with E-state index in [1.807, 2.05) is 0 Å². The van der Waals surface area contributed by atoms with Crippen molar-refractivity contribution in [1.29, 1.82) is 0 Å². The van der Waals surface area contributed by atoms with Crippen LogP contribution in [0.15, 0.2) is 0 Å². The van der Waals surface area contributed by atoms with Gasteiger partial charge in [0, 0.05) is 18.0 Å². The zero-order chi connectivity index (χ0) is 9.90. The van der Waals surface area contributed by atoms with E-state index in [-0.39, 0.29) is 0 Å². The minimum atomic E-state index is 0.408. The van der Waals surface area contributed by atoms with E-state index in [9.17, 15) is 0 Å². The lowest BCUT2D eigenvalue weighted by molar-refractivity contribution is -0.0999. The maximum Gasteiger partial charge on any atom is 0.0554 e. The van der Waals surface area contributed by atoms with Crippen molar-refractivity contribution in [2.75, 3.05) is 19.8 Å². The van der Waals surface area contributed by atoms with E-state index in [1.54, 1.807) is 0 Å². The molecule has 0 aromatic rings. The molecule has 1 aliphatic rings. The summed E-state index contributed by atoms with van der Waals surface area (Å²) in [5, 5.41) is 3.58. The van der Waals surface area contributed by atoms with Gasteiger partial charge in [0.15, 0.2) is 0 Å². The van der Waals surface area contributed by atoms with Crippen LogP contribution in [0.1, 0.15) is 34.1 Å². The van der Waals surface area contributed by atoms with Crippen molar-refractivity contribution in [2.45, 2.75) is 40.2 Å². The third-order valence-corrected chi connectivity index (χ3v) is 2.60. The van der Waals surface area contributed by atoms with Crippen LogP contribution in [0.4, 0.5) is 0 Å². The second-order valence-electron chi connectivity index (χ2n) is 5.21. The van der Waals surface area contributed by atoms with Gasteiger partial charge in [0.05, 0.1) is 13.2 Å². The maximum absolute atomic E-state index is 5.21. The maximum atomic E-state index is 5.21. The van der Waals surface area contributed by atoms with Crippen LogP contribution in [0.5, 0.6) is 0 Å². The smallest absolute Gasteiger partial charge is 0.0554 e. The Hall–Kier alpha value is -0.0800. The van der Waals surface area contributed by atoms with Gasteiger partial charge in [0.2, 0.25) is 0 Å². The Morgan fingerprint density at radius 1 is 1.31 bits per heavy atom. The van der Waals surface area contributed by atoms with Crippen molar-refractivity contribution in [2.24, 2.45) is 11.3 Å². The normalized spacial score (nSPS) is 22.8. The lowest BCUT2D eigenvalue weighted by atomic mass is 9.88. The van der Waals surface area contributed by atoms with Crippen LogP contribution in [-0.2, 0) is 4.74 Å². The molecule has 0 spiro atoms. The minimum Gasteiger partial charge on any atom is -0.380 e. The van der Waals surface area contributed by atoms with Crippen LogP contribution in [0.2, 0.25) is 0 Å². The molecule has 0 bridgehead atoms. The zero-order valence-corrected chi connectivity index (χ0v) is 9.39. The highest BCUT2D eigenvalue weighted by Gasteiger charge is 2.33. The average Bonchev–Trinajstić information content (AvgIpc) is 1.96. The minimum absolute atomic E-state index is 0.408. The summed E-state index contributed by atoms with van der Waals surface area (Å²) in [6, 6.07) is 0.637. The largest absolute Gasteiger partial charge is 0.380 e. The molecule has 1 aliphatic heterocycles. The number of rotatable bonds is 5. The number of hydrogen-bond donors (Lipinski definition) is 1. The Balaban J connectivity index is 2.10. The second-order valence-corrected chi connectivity index (χ2v) is 5.21. The molecule has 2 heteroatoms. The standard InChI is InChI=1S/C11H23NO/c1-9(2)5-10(3)12-6-11(4)7-13-8-11/h9-10,12H,5-8H2,1-4H3. The quantitative estimate of drug-likeness (QED) is 0.708. The van der Waals surface area contributed by atoms with E-state index < -0.39 is 0 Å². The van der Waals surface area contributed by atoms with E-state index in [1.165, 1.54) is 6.42 Å². The van der Waals surface area contributed by atoms with Gasteiger partial charge < -0.3 is 10.1 Å². The van der Waals surface area contributed by atoms with E-state index in [0.717, 1.165) is 25.7 Å². The summed E-state index contributed by atoms with van der Waals surface area (Å²) in [5.74, 6) is 0.785. The van der Waals surface area contributed by atoms with Crippen molar-refractivity contribution < 1.29 is 4.74 Å². The highest BCUT2D eigenvalue weighted by atomic mass is 16.5. The topological polar surface area (TPSA) is 21.3 Å². The summed E-state index contributed by atoms with van der Waals surface area (Å²) >= 11 is 0. The first kappa shape index (κ1) is 11.0. The van der Waals surface area contributed by atoms with E-state index in [4.69, 9.17) is 4.74 Å². The van der Waals surface area contributed by atoms with Gasteiger partial charge >= 0.3 is 0 Å². The Bertz CT molecular complexity index is 152. The third-order valence-electron chi connectivity index (χ3n) is 2.60. The van der Waals surface area contributed by atoms with Crippen molar-refractivity contribution in [3.05, 3.63) is 0 Å². The van der Waals surface area contributed by atoms with Gasteiger partial charge in [-0.15, -0.1) is 0 Å². The first-order valence-corrected chi connectivity index (χ1v) is 5.33. The highest BCUT2D eigenvalue weighted by Crippen LogP contribution is 2.25. The molecule has 13 heavy (non-hydrogen) atoms. The summed E-state index contributed by atoms with van der Waals surface area (Å²) < 4.78 is 5.21. The van der Waals surface area contributed by atoms with Crippen molar-refractivity contribution in [3.63, 3.8) is 0 Å². The summed E-state index contributed by atoms with van der Waals surface area (Å²) in [5.41, 5.74) is 0.408. The summed E-state index contributed by atoms with van der Waals surface area (Å²) in [6.07, 6.45) is 1.26. The van der Waals surface area contributed by atoms with Crippen LogP contribution in [0, 0.1) is 11.3 Å². The molecule has 0 saturated carbocycles. The van der Waals surface area contributed by atoms with Crippen LogP contribution in [0.3, 0.4) is 0 Å². The molecule has 0 radical (unpaired) electrons. The summed E-state index contributed by atoms with van der Waals surface area (Å²) in [7, 11) is 0. The Morgan fingerprint density at radius 2 is 1.92 bits per heavy atom. The van der Waals surface area contributed by atoms with Gasteiger partial charge in [-0.05, 0) is 19.3 Å². The molecule has 1 heterocycles. The van der Waals surface area contributed by atoms with Gasteiger partial charge in [-0.25, -0.2) is 0 Å². The van der Waals surface area contributed by atoms with Gasteiger partial charge in [0.1, 0.15) is 0 Å². The van der Waals surface area contributed by atoms with Gasteiger partial charge in [-0.2, -0.15) is 0 Å². The first-order valence-electron chi connectivity index (χ1n) is 5.33. The molecule has 0 aliphatic carbocycles. The van der Waals surface area contributed by atoms with Gasteiger partial charge in [0.25, 0.3) is 0 Å². The Labute approximate surface area is 82.0 Å². The molecule has 78 valence electrons. The predicted molar refractivity (Wildman–Crippen MR) is 55.8 cm³/mol. The van der Waals surface area contributed by atoms with Crippen LogP contribution in [-0.4, -0.2) is 25.8 Å². The fraction of sp³-hybridized carbons (Fsp3) is 1.00. The Morgan fingerprint density at radius 3 is 2.31 bits per heavy atom. The fourth-order valence-corrected chi connectivity index (χ4v) is 1.76. The highest BCUT2D eigenvalue weighted by molar-refractivity contribution is 4.83. The molecule has 1 atom stereocenters. The SMILES string of the molecule is CC(C)CC(C)NCC1(C)COC1. The lowest BCUT2D eigenvalue weighted by Gasteiger charge is -2.39. The molecule has 1 saturated heterocycles. The molecule has 0 amide bonds. The lowest BCUT2D eigenvalue weighted by Crippen LogP contribution is -2.49. The third kappa shape index (κ3) is 3.65. The molecule has 1 fully saturated rings. The van der Waals surface area contributed by atoms with Crippen molar-refractivity contribution >= 4 is 0 Å². The monoisotopic (exact) mass is 185 g/mol. The van der Waals surface area contributed by atoms with Crippen LogP contribution >= 0.6 is 0 Å². The second kappa shape index (κ2) is 4.43. The molecule has 0 aromatic heterocycles. The Kier molecular flexibility index (Phi) is 3.74. The predicted octanol–water partition coefficient (Wildman–Crippen LogP) is 2.05. The number of hydrogen-bond acceptors (Lipinski definition) is 2. The van der Waals surface area contributed by atoms with Gasteiger partial charge in [-0.3, -0.25) is 0 Å². The molecule has 2 nitrogen and oxygen atoms in total. The molecule has 0 aromatic carbocycles. The van der Waals surface area contributed by atoms with E-state index in [0.29, 0.717) is 11.5 Å². The molecule has 1 unspecified atom stereocenters. The van der Waals surface area contributed by atoms with Crippen LogP contribution < -0.4 is 5.32 Å². The number of ether oxygens (including phenoxy) is 1. The fourth-order valence-electron chi connectivity index (χ4n) is 1.76. The summed E-state index contributed by atoms with van der Waals surface area (Å²) in [6.45, 7) is 12.0. The van der Waals surface area contributed by atoms with Crippen molar-refractivity contribution in [3.8, 4) is 0 Å². The first-order chi connectivity index (χ1) is 6.02. The molecular weight excluding hydrogens is 162 g/mol. The average molecular weight is 185 g/mol. The van der Waals surface area contributed by atoms with Gasteiger partial charge in [-0.1, -0.05) is 20.8 Å².